The van der Waals surface area contributed by atoms with Gasteiger partial charge in [-0.3, -0.25) is 9.36 Å². The number of aryl methyl sites for hydroxylation is 2. The molecule has 0 aliphatic rings. The van der Waals surface area contributed by atoms with E-state index in [1.807, 2.05) is 60.0 Å². The first-order chi connectivity index (χ1) is 18.0. The van der Waals surface area contributed by atoms with Crippen molar-refractivity contribution in [1.82, 2.24) is 20.2 Å². The van der Waals surface area contributed by atoms with Crippen LogP contribution in [0.25, 0.3) is 27.8 Å². The van der Waals surface area contributed by atoms with Crippen molar-refractivity contribution in [3.63, 3.8) is 0 Å². The molecule has 0 bridgehead atoms. The molecule has 4 aromatic carbocycles. The Kier molecular flexibility index (Phi) is 7.14. The van der Waals surface area contributed by atoms with E-state index < -0.39 is 0 Å². The molecule has 1 N–H and O–H groups in total. The summed E-state index contributed by atoms with van der Waals surface area (Å²) in [5.41, 5.74) is 8.69. The highest BCUT2D eigenvalue weighted by atomic mass is 32.2. The first kappa shape index (κ1) is 24.5. The van der Waals surface area contributed by atoms with Crippen molar-refractivity contribution in [2.75, 3.05) is 5.75 Å². The molecule has 1 amide bonds. The van der Waals surface area contributed by atoms with E-state index in [0.717, 1.165) is 39.1 Å². The summed E-state index contributed by atoms with van der Waals surface area (Å²) in [5.74, 6) is 0.682. The van der Waals surface area contributed by atoms with Crippen LogP contribution in [-0.2, 0) is 4.79 Å². The smallest absolute Gasteiger partial charge is 0.250 e. The van der Waals surface area contributed by atoms with Gasteiger partial charge in [-0.15, -0.1) is 10.2 Å². The molecule has 0 radical (unpaired) electrons. The van der Waals surface area contributed by atoms with E-state index in [1.54, 1.807) is 0 Å². The Morgan fingerprint density at radius 2 is 1.54 bits per heavy atom. The van der Waals surface area contributed by atoms with Gasteiger partial charge in [-0.25, -0.2) is 5.43 Å². The van der Waals surface area contributed by atoms with Gasteiger partial charge in [0.05, 0.1) is 11.5 Å². The Morgan fingerprint density at radius 1 is 0.865 bits per heavy atom. The van der Waals surface area contributed by atoms with Gasteiger partial charge < -0.3 is 0 Å². The van der Waals surface area contributed by atoms with E-state index in [2.05, 4.69) is 77.0 Å². The largest absolute Gasteiger partial charge is 0.272 e. The number of benzene rings is 4. The maximum atomic E-state index is 12.7. The molecule has 6 nitrogen and oxygen atoms in total. The van der Waals surface area contributed by atoms with Crippen molar-refractivity contribution in [3.05, 3.63) is 108 Å². The van der Waals surface area contributed by atoms with Crippen LogP contribution in [0.15, 0.2) is 101 Å². The van der Waals surface area contributed by atoms with Gasteiger partial charge in [0.2, 0.25) is 0 Å². The van der Waals surface area contributed by atoms with Crippen molar-refractivity contribution in [2.45, 2.75) is 25.9 Å². The second-order valence-corrected chi connectivity index (χ2v) is 9.83. The van der Waals surface area contributed by atoms with E-state index in [9.17, 15) is 4.79 Å². The summed E-state index contributed by atoms with van der Waals surface area (Å²) in [7, 11) is 0. The number of hydrogen-bond acceptors (Lipinski definition) is 5. The molecule has 0 aliphatic carbocycles. The monoisotopic (exact) mass is 505 g/mol. The fraction of sp³-hybridized carbons (Fsp3) is 0.133. The lowest BCUT2D eigenvalue weighted by atomic mass is 10.0. The maximum absolute atomic E-state index is 12.7. The topological polar surface area (TPSA) is 72.2 Å². The lowest BCUT2D eigenvalue weighted by Gasteiger charge is -2.11. The van der Waals surface area contributed by atoms with Crippen molar-refractivity contribution >= 4 is 34.2 Å². The number of carbonyl (C=O) groups excluding carboxylic acids is 1. The third kappa shape index (κ3) is 5.47. The summed E-state index contributed by atoms with van der Waals surface area (Å²) in [4.78, 5) is 12.7. The average Bonchev–Trinajstić information content (AvgIpc) is 3.35. The number of hydrazone groups is 1. The number of fused-ring (bicyclic) bond motifs is 1. The third-order valence-corrected chi connectivity index (χ3v) is 7.02. The van der Waals surface area contributed by atoms with Gasteiger partial charge in [-0.1, -0.05) is 102 Å². The summed E-state index contributed by atoms with van der Waals surface area (Å²) in [5, 5.41) is 16.1. The molecule has 0 atom stereocenters. The minimum atomic E-state index is -0.208. The van der Waals surface area contributed by atoms with Gasteiger partial charge in [0, 0.05) is 16.8 Å². The minimum absolute atomic E-state index is 0.157. The summed E-state index contributed by atoms with van der Waals surface area (Å²) in [6, 6.07) is 30.6. The quantitative estimate of drug-likeness (QED) is 0.159. The number of nitrogens with one attached hydrogen (secondary N) is 1. The van der Waals surface area contributed by atoms with E-state index in [1.165, 1.54) is 22.9 Å². The number of rotatable bonds is 7. The molecule has 1 aromatic heterocycles. The molecular formula is C30H27N5OS. The van der Waals surface area contributed by atoms with Crippen LogP contribution in [0.2, 0.25) is 0 Å². The van der Waals surface area contributed by atoms with Crippen LogP contribution >= 0.6 is 11.8 Å². The molecule has 0 unspecified atom stereocenters. The Morgan fingerprint density at radius 3 is 2.30 bits per heavy atom. The van der Waals surface area contributed by atoms with Crippen molar-refractivity contribution in [3.8, 4) is 17.1 Å². The van der Waals surface area contributed by atoms with Gasteiger partial charge in [0.25, 0.3) is 5.91 Å². The van der Waals surface area contributed by atoms with Gasteiger partial charge in [0.1, 0.15) is 0 Å². The average molecular weight is 506 g/mol. The van der Waals surface area contributed by atoms with Crippen LogP contribution in [0, 0.1) is 13.8 Å². The molecular weight excluding hydrogens is 478 g/mol. The van der Waals surface area contributed by atoms with E-state index >= 15 is 0 Å². The first-order valence-electron chi connectivity index (χ1n) is 12.0. The number of thioether (sulfide) groups is 1. The van der Waals surface area contributed by atoms with Gasteiger partial charge in [-0.05, 0) is 43.7 Å². The zero-order chi connectivity index (χ0) is 25.8. The lowest BCUT2D eigenvalue weighted by molar-refractivity contribution is -0.118. The normalized spacial score (nSPS) is 11.6. The Labute approximate surface area is 220 Å². The molecule has 184 valence electrons. The van der Waals surface area contributed by atoms with E-state index in [-0.39, 0.29) is 11.7 Å². The molecule has 0 saturated heterocycles. The molecule has 5 aromatic rings. The fourth-order valence-corrected chi connectivity index (χ4v) is 4.83. The minimum Gasteiger partial charge on any atom is -0.272 e. The van der Waals surface area contributed by atoms with Crippen LogP contribution in [0.5, 0.6) is 0 Å². The maximum Gasteiger partial charge on any atom is 0.250 e. The predicted octanol–water partition coefficient (Wildman–Crippen LogP) is 6.34. The van der Waals surface area contributed by atoms with E-state index in [4.69, 9.17) is 0 Å². The molecule has 0 spiro atoms. The number of carbonyl (C=O) groups is 1. The predicted molar refractivity (Wildman–Crippen MR) is 151 cm³/mol. The van der Waals surface area contributed by atoms with Crippen LogP contribution in [0.1, 0.15) is 23.6 Å². The summed E-state index contributed by atoms with van der Waals surface area (Å²) < 4.78 is 1.99. The Balaban J connectivity index is 1.35. The molecule has 0 saturated carbocycles. The van der Waals surface area contributed by atoms with Gasteiger partial charge in [0.15, 0.2) is 11.0 Å². The second kappa shape index (κ2) is 10.8. The first-order valence-corrected chi connectivity index (χ1v) is 13.0. The fourth-order valence-electron chi connectivity index (χ4n) is 4.09. The number of hydrogen-bond donors (Lipinski definition) is 1. The standard InChI is InChI=1S/C30H27N5OS/c1-20-11-15-24(16-12-20)29-33-34-30(35(29)25-17-13-21(2)14-18-25)37-19-28(36)32-31-22(3)26-10-6-8-23-7-4-5-9-27(23)26/h4-18H,19H2,1-3H3,(H,32,36)/b31-22+. The SMILES string of the molecule is C/C(=N\NC(=O)CSc1nnc(-c2ccc(C)cc2)n1-c1ccc(C)cc1)c1cccc2ccccc12. The highest BCUT2D eigenvalue weighted by Crippen LogP contribution is 2.28. The highest BCUT2D eigenvalue weighted by molar-refractivity contribution is 7.99. The van der Waals surface area contributed by atoms with Crippen LogP contribution in [0.3, 0.4) is 0 Å². The van der Waals surface area contributed by atoms with Crippen LogP contribution < -0.4 is 5.43 Å². The second-order valence-electron chi connectivity index (χ2n) is 8.89. The number of aromatic nitrogens is 3. The molecule has 5 rings (SSSR count). The highest BCUT2D eigenvalue weighted by Gasteiger charge is 2.17. The number of amides is 1. The lowest BCUT2D eigenvalue weighted by Crippen LogP contribution is -2.21. The van der Waals surface area contributed by atoms with Crippen LogP contribution in [0.4, 0.5) is 0 Å². The summed E-state index contributed by atoms with van der Waals surface area (Å²) >= 11 is 1.33. The zero-order valence-electron chi connectivity index (χ0n) is 21.0. The van der Waals surface area contributed by atoms with Gasteiger partial charge in [-0.2, -0.15) is 5.10 Å². The molecule has 0 fully saturated rings. The Hall–Kier alpha value is -4.23. The molecule has 37 heavy (non-hydrogen) atoms. The molecule has 7 heteroatoms. The molecule has 1 heterocycles. The Bertz CT molecular complexity index is 1580. The van der Waals surface area contributed by atoms with Crippen molar-refractivity contribution in [2.24, 2.45) is 5.10 Å². The number of nitrogens with zero attached hydrogens (tertiary/aromatic N) is 4. The van der Waals surface area contributed by atoms with Crippen molar-refractivity contribution in [1.29, 1.82) is 0 Å². The van der Waals surface area contributed by atoms with Crippen molar-refractivity contribution < 1.29 is 4.79 Å². The summed E-state index contributed by atoms with van der Waals surface area (Å²) in [6.45, 7) is 6.01. The molecule has 0 aliphatic heterocycles. The zero-order valence-corrected chi connectivity index (χ0v) is 21.8. The van der Waals surface area contributed by atoms with E-state index in [0.29, 0.717) is 5.16 Å². The van der Waals surface area contributed by atoms with Gasteiger partial charge >= 0.3 is 0 Å². The third-order valence-electron chi connectivity index (χ3n) is 6.10. The summed E-state index contributed by atoms with van der Waals surface area (Å²) in [6.07, 6.45) is 0. The van der Waals surface area contributed by atoms with Crippen LogP contribution in [-0.4, -0.2) is 32.1 Å².